The van der Waals surface area contributed by atoms with Crippen LogP contribution >= 0.6 is 23.2 Å². The van der Waals surface area contributed by atoms with E-state index >= 15 is 0 Å². The molecule has 0 radical (unpaired) electrons. The first-order chi connectivity index (χ1) is 9.11. The first-order valence-corrected chi connectivity index (χ1v) is 6.82. The van der Waals surface area contributed by atoms with Gasteiger partial charge in [0.25, 0.3) is 0 Å². The second kappa shape index (κ2) is 6.37. The van der Waals surface area contributed by atoms with Crippen LogP contribution in [-0.2, 0) is 13.5 Å². The molecule has 0 bridgehead atoms. The van der Waals surface area contributed by atoms with Crippen LogP contribution in [0.25, 0.3) is 0 Å². The van der Waals surface area contributed by atoms with Gasteiger partial charge in [0.1, 0.15) is 0 Å². The van der Waals surface area contributed by atoms with Crippen molar-refractivity contribution in [3.8, 4) is 0 Å². The molecule has 2 aromatic rings. The summed E-state index contributed by atoms with van der Waals surface area (Å²) in [4.78, 5) is 4.32. The van der Waals surface area contributed by atoms with Crippen LogP contribution in [-0.4, -0.2) is 21.8 Å². The summed E-state index contributed by atoms with van der Waals surface area (Å²) in [6.45, 7) is 0. The van der Waals surface area contributed by atoms with Crippen LogP contribution in [0.15, 0.2) is 24.5 Å². The van der Waals surface area contributed by atoms with E-state index in [1.165, 1.54) is 5.69 Å². The average Bonchev–Trinajstić information content (AvgIpc) is 2.78. The number of nitrogens with one attached hydrogen (secondary N) is 1. The first-order valence-electron chi connectivity index (χ1n) is 6.07. The van der Waals surface area contributed by atoms with Gasteiger partial charge in [-0.3, -0.25) is 9.67 Å². The van der Waals surface area contributed by atoms with Crippen LogP contribution in [0.5, 0.6) is 0 Å². The zero-order valence-corrected chi connectivity index (χ0v) is 12.4. The van der Waals surface area contributed by atoms with Crippen molar-refractivity contribution in [3.63, 3.8) is 0 Å². The molecule has 0 aliphatic rings. The van der Waals surface area contributed by atoms with Crippen molar-refractivity contribution in [2.75, 3.05) is 7.05 Å². The summed E-state index contributed by atoms with van der Waals surface area (Å²) in [6.07, 6.45) is 5.22. The highest BCUT2D eigenvalue weighted by atomic mass is 35.5. The van der Waals surface area contributed by atoms with Crippen molar-refractivity contribution in [1.82, 2.24) is 20.1 Å². The largest absolute Gasteiger partial charge is 0.312 e. The minimum Gasteiger partial charge on any atom is -0.312 e. The summed E-state index contributed by atoms with van der Waals surface area (Å²) in [7, 11) is 3.84. The molecule has 2 rings (SSSR count). The van der Waals surface area contributed by atoms with Gasteiger partial charge in [0, 0.05) is 25.1 Å². The Kier molecular flexibility index (Phi) is 4.80. The highest BCUT2D eigenvalue weighted by Gasteiger charge is 2.15. The molecule has 2 heterocycles. The van der Waals surface area contributed by atoms with Crippen LogP contribution in [0.1, 0.15) is 23.9 Å². The number of hydrogen-bond acceptors (Lipinski definition) is 3. The van der Waals surface area contributed by atoms with E-state index in [-0.39, 0.29) is 6.04 Å². The maximum atomic E-state index is 6.19. The second-order valence-corrected chi connectivity index (χ2v) is 5.19. The Morgan fingerprint density at radius 1 is 1.42 bits per heavy atom. The Morgan fingerprint density at radius 2 is 2.21 bits per heavy atom. The van der Waals surface area contributed by atoms with Crippen molar-refractivity contribution >= 4 is 23.2 Å². The molecule has 1 unspecified atom stereocenters. The molecular weight excluding hydrogens is 283 g/mol. The number of halogens is 2. The molecule has 0 aliphatic heterocycles. The third-order valence-electron chi connectivity index (χ3n) is 3.13. The molecule has 102 valence electrons. The zero-order chi connectivity index (χ0) is 13.8. The third-order valence-corrected chi connectivity index (χ3v) is 3.64. The second-order valence-electron chi connectivity index (χ2n) is 4.35. The summed E-state index contributed by atoms with van der Waals surface area (Å²) >= 11 is 12.1. The van der Waals surface area contributed by atoms with Gasteiger partial charge in [0.15, 0.2) is 0 Å². The summed E-state index contributed by atoms with van der Waals surface area (Å²) in [5, 5.41) is 8.55. The van der Waals surface area contributed by atoms with Crippen LogP contribution in [0.3, 0.4) is 0 Å². The van der Waals surface area contributed by atoms with Gasteiger partial charge in [0.05, 0.1) is 21.8 Å². The van der Waals surface area contributed by atoms with E-state index in [0.29, 0.717) is 10.0 Å². The van der Waals surface area contributed by atoms with Crippen molar-refractivity contribution < 1.29 is 0 Å². The Hall–Kier alpha value is -1.10. The van der Waals surface area contributed by atoms with E-state index < -0.39 is 0 Å². The van der Waals surface area contributed by atoms with Gasteiger partial charge in [-0.2, -0.15) is 5.10 Å². The summed E-state index contributed by atoms with van der Waals surface area (Å²) < 4.78 is 1.88. The smallest absolute Gasteiger partial charge is 0.0760 e. The van der Waals surface area contributed by atoms with E-state index in [0.717, 1.165) is 18.5 Å². The maximum absolute atomic E-state index is 6.19. The summed E-state index contributed by atoms with van der Waals surface area (Å²) in [6, 6.07) is 3.84. The molecule has 0 amide bonds. The Morgan fingerprint density at radius 3 is 2.79 bits per heavy atom. The van der Waals surface area contributed by atoms with Gasteiger partial charge in [-0.05, 0) is 32.0 Å². The van der Waals surface area contributed by atoms with Crippen molar-refractivity contribution in [2.24, 2.45) is 7.05 Å². The Bertz CT molecular complexity index is 553. The lowest BCUT2D eigenvalue weighted by Crippen LogP contribution is -2.19. The normalized spacial score (nSPS) is 12.6. The quantitative estimate of drug-likeness (QED) is 0.923. The fraction of sp³-hybridized carbons (Fsp3) is 0.385. The number of rotatable bonds is 5. The topological polar surface area (TPSA) is 42.7 Å². The monoisotopic (exact) mass is 298 g/mol. The fourth-order valence-corrected chi connectivity index (χ4v) is 2.55. The third kappa shape index (κ3) is 3.47. The van der Waals surface area contributed by atoms with E-state index in [9.17, 15) is 0 Å². The standard InChI is InChI=1S/C13H16Cl2N4/c1-16-12(4-3-10-5-6-18-19(10)2)13-11(15)7-9(14)8-17-13/h5-8,12,16H,3-4H2,1-2H3. The molecule has 0 saturated heterocycles. The minimum absolute atomic E-state index is 0.0969. The number of hydrogen-bond donors (Lipinski definition) is 1. The van der Waals surface area contributed by atoms with Gasteiger partial charge >= 0.3 is 0 Å². The molecule has 0 aliphatic carbocycles. The van der Waals surface area contributed by atoms with Gasteiger partial charge in [-0.15, -0.1) is 0 Å². The van der Waals surface area contributed by atoms with Gasteiger partial charge in [0.2, 0.25) is 0 Å². The minimum atomic E-state index is 0.0969. The zero-order valence-electron chi connectivity index (χ0n) is 10.9. The first kappa shape index (κ1) is 14.3. The lowest BCUT2D eigenvalue weighted by atomic mass is 10.1. The molecule has 0 saturated carbocycles. The maximum Gasteiger partial charge on any atom is 0.0760 e. The predicted octanol–water partition coefficient (Wildman–Crippen LogP) is 3.02. The van der Waals surface area contributed by atoms with Gasteiger partial charge in [-0.1, -0.05) is 23.2 Å². The molecule has 1 atom stereocenters. The summed E-state index contributed by atoms with van der Waals surface area (Å²) in [5.74, 6) is 0. The molecule has 0 spiro atoms. The van der Waals surface area contributed by atoms with Crippen molar-refractivity contribution in [1.29, 1.82) is 0 Å². The molecule has 0 fully saturated rings. The molecule has 0 aromatic carbocycles. The fourth-order valence-electron chi connectivity index (χ4n) is 2.04. The highest BCUT2D eigenvalue weighted by molar-refractivity contribution is 6.34. The van der Waals surface area contributed by atoms with Gasteiger partial charge < -0.3 is 5.32 Å². The molecule has 19 heavy (non-hydrogen) atoms. The van der Waals surface area contributed by atoms with Crippen LogP contribution in [0, 0.1) is 0 Å². The molecule has 6 heteroatoms. The van der Waals surface area contributed by atoms with E-state index in [1.807, 2.05) is 24.8 Å². The van der Waals surface area contributed by atoms with Crippen LogP contribution in [0.4, 0.5) is 0 Å². The average molecular weight is 299 g/mol. The van der Waals surface area contributed by atoms with E-state index in [4.69, 9.17) is 23.2 Å². The SMILES string of the molecule is CNC(CCc1ccnn1C)c1ncc(Cl)cc1Cl. The number of aryl methyl sites for hydroxylation is 2. The number of pyridine rings is 1. The molecular formula is C13H16Cl2N4. The number of aromatic nitrogens is 3. The van der Waals surface area contributed by atoms with Crippen LogP contribution < -0.4 is 5.32 Å². The Labute approximate surface area is 122 Å². The highest BCUT2D eigenvalue weighted by Crippen LogP contribution is 2.26. The molecule has 4 nitrogen and oxygen atoms in total. The van der Waals surface area contributed by atoms with Gasteiger partial charge in [-0.25, -0.2) is 0 Å². The van der Waals surface area contributed by atoms with E-state index in [2.05, 4.69) is 15.4 Å². The number of nitrogens with zero attached hydrogens (tertiary/aromatic N) is 3. The molecule has 1 N–H and O–H groups in total. The van der Waals surface area contributed by atoms with E-state index in [1.54, 1.807) is 18.5 Å². The molecule has 2 aromatic heterocycles. The summed E-state index contributed by atoms with van der Waals surface area (Å²) in [5.41, 5.74) is 2.01. The van der Waals surface area contributed by atoms with Crippen LogP contribution in [0.2, 0.25) is 10.0 Å². The predicted molar refractivity (Wildman–Crippen MR) is 77.6 cm³/mol. The lowest BCUT2D eigenvalue weighted by molar-refractivity contribution is 0.524. The van der Waals surface area contributed by atoms with Crippen molar-refractivity contribution in [2.45, 2.75) is 18.9 Å². The lowest BCUT2D eigenvalue weighted by Gasteiger charge is -2.17. The van der Waals surface area contributed by atoms with Crippen molar-refractivity contribution in [3.05, 3.63) is 46.0 Å². The Balaban J connectivity index is 2.10.